The smallest absolute Gasteiger partial charge is 0.230 e. The summed E-state index contributed by atoms with van der Waals surface area (Å²) in [5.74, 6) is 0.770. The van der Waals surface area contributed by atoms with E-state index in [1.54, 1.807) is 18.3 Å². The minimum absolute atomic E-state index is 0.376. The third-order valence-electron chi connectivity index (χ3n) is 2.68. The molecule has 20 heavy (non-hydrogen) atoms. The van der Waals surface area contributed by atoms with E-state index in [2.05, 4.69) is 36.2 Å². The molecule has 0 saturated heterocycles. The normalized spacial score (nSPS) is 10.7. The summed E-state index contributed by atoms with van der Waals surface area (Å²) >= 11 is 9.44. The molecule has 3 aromatic rings. The lowest BCUT2D eigenvalue weighted by atomic mass is 10.2. The fraction of sp³-hybridized carbons (Fsp3) is 0. The van der Waals surface area contributed by atoms with Crippen molar-refractivity contribution in [1.29, 1.82) is 0 Å². The van der Waals surface area contributed by atoms with Crippen molar-refractivity contribution < 1.29 is 0 Å². The summed E-state index contributed by atoms with van der Waals surface area (Å²) in [6.45, 7) is 0. The van der Waals surface area contributed by atoms with E-state index >= 15 is 0 Å². The second-order valence-electron chi connectivity index (χ2n) is 4.06. The summed E-state index contributed by atoms with van der Waals surface area (Å²) in [5.41, 5.74) is 7.21. The van der Waals surface area contributed by atoms with Gasteiger partial charge in [-0.1, -0.05) is 11.6 Å². The molecular weight excluding hydrogens is 342 g/mol. The van der Waals surface area contributed by atoms with Crippen LogP contribution < -0.4 is 11.1 Å². The predicted octanol–water partition coefficient (Wildman–Crippen LogP) is 3.77. The molecule has 1 aromatic carbocycles. The van der Waals surface area contributed by atoms with Gasteiger partial charge in [0.1, 0.15) is 10.4 Å². The third-order valence-corrected chi connectivity index (χ3v) is 3.41. The summed E-state index contributed by atoms with van der Waals surface area (Å²) in [6.07, 6.45) is 1.71. The van der Waals surface area contributed by atoms with Crippen LogP contribution in [0.5, 0.6) is 0 Å². The maximum absolute atomic E-state index is 6.16. The summed E-state index contributed by atoms with van der Waals surface area (Å²) in [7, 11) is 0. The van der Waals surface area contributed by atoms with E-state index < -0.39 is 0 Å². The zero-order valence-corrected chi connectivity index (χ0v) is 12.5. The Morgan fingerprint density at radius 1 is 1.20 bits per heavy atom. The molecule has 0 fully saturated rings. The predicted molar refractivity (Wildman–Crippen MR) is 84.2 cm³/mol. The molecule has 3 N–H and O–H groups in total. The molecule has 0 spiro atoms. The Morgan fingerprint density at radius 2 is 2.05 bits per heavy atom. The molecule has 2 aromatic heterocycles. The second-order valence-corrected chi connectivity index (χ2v) is 5.28. The molecule has 0 saturated carbocycles. The number of nitrogens with two attached hydrogens (primary N) is 1. The molecular formula is C13H9BrClN5. The lowest BCUT2D eigenvalue weighted by Crippen LogP contribution is -2.01. The number of rotatable bonds is 2. The van der Waals surface area contributed by atoms with Crippen LogP contribution in [0.2, 0.25) is 5.02 Å². The number of hydrogen-bond acceptors (Lipinski definition) is 5. The van der Waals surface area contributed by atoms with Gasteiger partial charge in [0.25, 0.3) is 0 Å². The van der Waals surface area contributed by atoms with Gasteiger partial charge in [-0.3, -0.25) is 4.98 Å². The van der Waals surface area contributed by atoms with E-state index in [0.29, 0.717) is 21.4 Å². The van der Waals surface area contributed by atoms with Crippen LogP contribution in [0.1, 0.15) is 0 Å². The third kappa shape index (κ3) is 2.52. The van der Waals surface area contributed by atoms with Crippen molar-refractivity contribution >= 4 is 55.9 Å². The van der Waals surface area contributed by atoms with Crippen LogP contribution in [-0.2, 0) is 0 Å². The number of benzene rings is 1. The largest absolute Gasteiger partial charge is 0.383 e. The first-order chi connectivity index (χ1) is 9.63. The first-order valence-corrected chi connectivity index (χ1v) is 6.91. The zero-order chi connectivity index (χ0) is 14.1. The molecule has 0 bridgehead atoms. The van der Waals surface area contributed by atoms with E-state index in [-0.39, 0.29) is 0 Å². The first kappa shape index (κ1) is 13.1. The molecule has 0 atom stereocenters. The lowest BCUT2D eigenvalue weighted by Gasteiger charge is -2.09. The summed E-state index contributed by atoms with van der Waals surface area (Å²) in [5, 5.41) is 4.61. The zero-order valence-electron chi connectivity index (χ0n) is 10.1. The van der Waals surface area contributed by atoms with Crippen LogP contribution in [-0.4, -0.2) is 15.0 Å². The Hall–Kier alpha value is -1.92. The van der Waals surface area contributed by atoms with E-state index in [1.165, 1.54) is 0 Å². The highest BCUT2D eigenvalue weighted by Gasteiger charge is 2.08. The van der Waals surface area contributed by atoms with Crippen LogP contribution in [0, 0.1) is 0 Å². The molecule has 3 rings (SSSR count). The number of nitrogens with zero attached hydrogens (tertiary/aromatic N) is 3. The SMILES string of the molecule is Nc1cc(Br)nc(Nc2ccc(Cl)c3cccnc23)n1. The van der Waals surface area contributed by atoms with Crippen molar-refractivity contribution in [3.63, 3.8) is 0 Å². The van der Waals surface area contributed by atoms with Crippen LogP contribution in [0.3, 0.4) is 0 Å². The number of hydrogen-bond donors (Lipinski definition) is 2. The van der Waals surface area contributed by atoms with Crippen LogP contribution in [0.4, 0.5) is 17.5 Å². The average molecular weight is 351 g/mol. The molecule has 2 heterocycles. The summed E-state index contributed by atoms with van der Waals surface area (Å²) < 4.78 is 0.610. The van der Waals surface area contributed by atoms with Gasteiger partial charge >= 0.3 is 0 Å². The quantitative estimate of drug-likeness (QED) is 0.688. The molecule has 0 aliphatic carbocycles. The number of aromatic nitrogens is 3. The minimum Gasteiger partial charge on any atom is -0.383 e. The standard InChI is InChI=1S/C13H9BrClN5/c14-10-6-11(16)20-13(19-10)18-9-4-3-8(15)7-2-1-5-17-12(7)9/h1-6H,(H3,16,18,19,20). The topological polar surface area (TPSA) is 76.7 Å². The Labute approximate surface area is 128 Å². The minimum atomic E-state index is 0.376. The highest BCUT2D eigenvalue weighted by atomic mass is 79.9. The fourth-order valence-corrected chi connectivity index (χ4v) is 2.47. The molecule has 0 aliphatic heterocycles. The van der Waals surface area contributed by atoms with Crippen LogP contribution >= 0.6 is 27.5 Å². The van der Waals surface area contributed by atoms with Gasteiger partial charge in [-0.2, -0.15) is 4.98 Å². The summed E-state index contributed by atoms with van der Waals surface area (Å²) in [4.78, 5) is 12.7. The molecule has 7 heteroatoms. The van der Waals surface area contributed by atoms with Gasteiger partial charge in [-0.05, 0) is 40.2 Å². The van der Waals surface area contributed by atoms with Gasteiger partial charge in [0.15, 0.2) is 0 Å². The van der Waals surface area contributed by atoms with Gasteiger partial charge in [0.05, 0.1) is 16.2 Å². The van der Waals surface area contributed by atoms with Crippen molar-refractivity contribution in [3.8, 4) is 0 Å². The number of nitrogen functional groups attached to an aromatic ring is 1. The number of anilines is 3. The molecule has 0 unspecified atom stereocenters. The van der Waals surface area contributed by atoms with Crippen LogP contribution in [0.25, 0.3) is 10.9 Å². The van der Waals surface area contributed by atoms with E-state index in [0.717, 1.165) is 16.6 Å². The molecule has 100 valence electrons. The van der Waals surface area contributed by atoms with Crippen molar-refractivity contribution in [3.05, 3.63) is 46.2 Å². The van der Waals surface area contributed by atoms with Crippen molar-refractivity contribution in [2.75, 3.05) is 11.1 Å². The maximum Gasteiger partial charge on any atom is 0.230 e. The molecule has 0 radical (unpaired) electrons. The van der Waals surface area contributed by atoms with E-state index in [4.69, 9.17) is 17.3 Å². The second kappa shape index (κ2) is 5.22. The Kier molecular flexibility index (Phi) is 3.42. The van der Waals surface area contributed by atoms with E-state index in [9.17, 15) is 0 Å². The van der Waals surface area contributed by atoms with Crippen molar-refractivity contribution in [2.24, 2.45) is 0 Å². The first-order valence-electron chi connectivity index (χ1n) is 5.74. The van der Waals surface area contributed by atoms with E-state index in [1.807, 2.05) is 18.2 Å². The fourth-order valence-electron chi connectivity index (χ4n) is 1.85. The number of fused-ring (bicyclic) bond motifs is 1. The summed E-state index contributed by atoms with van der Waals surface area (Å²) in [6, 6.07) is 9.01. The van der Waals surface area contributed by atoms with Crippen molar-refractivity contribution in [2.45, 2.75) is 0 Å². The van der Waals surface area contributed by atoms with Gasteiger partial charge < -0.3 is 11.1 Å². The number of nitrogens with one attached hydrogen (secondary N) is 1. The molecule has 5 nitrogen and oxygen atoms in total. The maximum atomic E-state index is 6.16. The highest BCUT2D eigenvalue weighted by molar-refractivity contribution is 9.10. The van der Waals surface area contributed by atoms with Crippen molar-refractivity contribution in [1.82, 2.24) is 15.0 Å². The Balaban J connectivity index is 2.09. The number of halogens is 2. The molecule has 0 aliphatic rings. The monoisotopic (exact) mass is 349 g/mol. The molecule has 0 amide bonds. The van der Waals surface area contributed by atoms with Crippen LogP contribution in [0.15, 0.2) is 41.1 Å². The number of pyridine rings is 1. The van der Waals surface area contributed by atoms with Gasteiger partial charge in [0, 0.05) is 17.6 Å². The van der Waals surface area contributed by atoms with Gasteiger partial charge in [-0.15, -0.1) is 0 Å². The Bertz CT molecular complexity index is 773. The van der Waals surface area contributed by atoms with Gasteiger partial charge in [-0.25, -0.2) is 4.98 Å². The lowest BCUT2D eigenvalue weighted by molar-refractivity contribution is 1.15. The highest BCUT2D eigenvalue weighted by Crippen LogP contribution is 2.29. The average Bonchev–Trinajstić information content (AvgIpc) is 2.41. The van der Waals surface area contributed by atoms with Gasteiger partial charge in [0.2, 0.25) is 5.95 Å². The Morgan fingerprint density at radius 3 is 2.85 bits per heavy atom.